The van der Waals surface area contributed by atoms with E-state index in [1.54, 1.807) is 0 Å². The molecule has 0 atom stereocenters. The zero-order valence-corrected chi connectivity index (χ0v) is 15.9. The lowest BCUT2D eigenvalue weighted by atomic mass is 10.1. The standard InChI is InChI=1S/C21H20BrNO2/c1-14-9-19(10-15(2)21(14)22)25-13-20(24)23-12-16-7-8-17-5-3-4-6-18(17)11-16/h3-11H,12-13H2,1-2H3,(H,23,24). The molecule has 1 amide bonds. The number of ether oxygens (including phenoxy) is 1. The van der Waals surface area contributed by atoms with Crippen LogP contribution in [0.5, 0.6) is 5.75 Å². The highest BCUT2D eigenvalue weighted by atomic mass is 79.9. The lowest BCUT2D eigenvalue weighted by Gasteiger charge is -2.11. The summed E-state index contributed by atoms with van der Waals surface area (Å²) in [5.41, 5.74) is 3.25. The maximum absolute atomic E-state index is 12.0. The predicted molar refractivity (Wildman–Crippen MR) is 105 cm³/mol. The SMILES string of the molecule is Cc1cc(OCC(=O)NCc2ccc3ccccc3c2)cc(C)c1Br. The van der Waals surface area contributed by atoms with E-state index in [-0.39, 0.29) is 12.5 Å². The van der Waals surface area contributed by atoms with Crippen molar-refractivity contribution >= 4 is 32.6 Å². The second kappa shape index (κ2) is 7.70. The van der Waals surface area contributed by atoms with Crippen LogP contribution in [-0.2, 0) is 11.3 Å². The first-order valence-corrected chi connectivity index (χ1v) is 8.96. The number of aryl methyl sites for hydroxylation is 2. The lowest BCUT2D eigenvalue weighted by molar-refractivity contribution is -0.123. The van der Waals surface area contributed by atoms with Gasteiger partial charge >= 0.3 is 0 Å². The first kappa shape index (κ1) is 17.5. The highest BCUT2D eigenvalue weighted by Gasteiger charge is 2.06. The van der Waals surface area contributed by atoms with Crippen LogP contribution in [0.3, 0.4) is 0 Å². The Balaban J connectivity index is 1.55. The maximum atomic E-state index is 12.0. The monoisotopic (exact) mass is 397 g/mol. The molecule has 0 radical (unpaired) electrons. The number of nitrogens with one attached hydrogen (secondary N) is 1. The van der Waals surface area contributed by atoms with Gasteiger partial charge in [0.25, 0.3) is 5.91 Å². The van der Waals surface area contributed by atoms with Gasteiger partial charge in [-0.2, -0.15) is 0 Å². The summed E-state index contributed by atoms with van der Waals surface area (Å²) in [5.74, 6) is 0.574. The van der Waals surface area contributed by atoms with E-state index in [1.165, 1.54) is 10.8 Å². The van der Waals surface area contributed by atoms with Crippen LogP contribution in [0.4, 0.5) is 0 Å². The summed E-state index contributed by atoms with van der Waals surface area (Å²) < 4.78 is 6.68. The molecule has 3 aromatic carbocycles. The Bertz CT molecular complexity index is 898. The Morgan fingerprint density at radius 1 is 1.00 bits per heavy atom. The molecule has 0 unspecified atom stereocenters. The van der Waals surface area contributed by atoms with Gasteiger partial charge in [-0.25, -0.2) is 0 Å². The third-order valence-electron chi connectivity index (χ3n) is 4.08. The smallest absolute Gasteiger partial charge is 0.258 e. The molecule has 128 valence electrons. The van der Waals surface area contributed by atoms with Gasteiger partial charge in [0.05, 0.1) is 0 Å². The summed E-state index contributed by atoms with van der Waals surface area (Å²) in [7, 11) is 0. The molecule has 4 heteroatoms. The number of benzene rings is 3. The van der Waals surface area contributed by atoms with Crippen molar-refractivity contribution in [3.63, 3.8) is 0 Å². The number of carbonyl (C=O) groups excluding carboxylic acids is 1. The van der Waals surface area contributed by atoms with E-state index in [0.29, 0.717) is 12.3 Å². The zero-order valence-electron chi connectivity index (χ0n) is 14.3. The van der Waals surface area contributed by atoms with Gasteiger partial charge in [0.1, 0.15) is 5.75 Å². The Hall–Kier alpha value is -2.33. The third kappa shape index (κ3) is 4.40. The van der Waals surface area contributed by atoms with Crippen molar-refractivity contribution in [1.29, 1.82) is 0 Å². The van der Waals surface area contributed by atoms with Crippen LogP contribution in [0.1, 0.15) is 16.7 Å². The molecule has 0 aliphatic heterocycles. The van der Waals surface area contributed by atoms with E-state index >= 15 is 0 Å². The van der Waals surface area contributed by atoms with Gasteiger partial charge in [0, 0.05) is 11.0 Å². The summed E-state index contributed by atoms with van der Waals surface area (Å²) in [4.78, 5) is 12.0. The molecule has 0 fully saturated rings. The molecule has 3 rings (SSSR count). The molecular formula is C21H20BrNO2. The molecule has 3 nitrogen and oxygen atoms in total. The van der Waals surface area contributed by atoms with E-state index in [1.807, 2.05) is 44.2 Å². The topological polar surface area (TPSA) is 38.3 Å². The van der Waals surface area contributed by atoms with Crippen molar-refractivity contribution in [2.45, 2.75) is 20.4 Å². The predicted octanol–water partition coefficient (Wildman–Crippen LogP) is 4.91. The molecule has 0 bridgehead atoms. The quantitative estimate of drug-likeness (QED) is 0.663. The largest absolute Gasteiger partial charge is 0.484 e. The molecule has 0 heterocycles. The van der Waals surface area contributed by atoms with Gasteiger partial charge < -0.3 is 10.1 Å². The Labute approximate surface area is 156 Å². The third-order valence-corrected chi connectivity index (χ3v) is 5.33. The fourth-order valence-corrected chi connectivity index (χ4v) is 2.97. The van der Waals surface area contributed by atoms with Crippen LogP contribution in [0.25, 0.3) is 10.8 Å². The van der Waals surface area contributed by atoms with E-state index in [9.17, 15) is 4.79 Å². The van der Waals surface area contributed by atoms with Crippen LogP contribution < -0.4 is 10.1 Å². The van der Waals surface area contributed by atoms with E-state index in [4.69, 9.17) is 4.74 Å². The second-order valence-corrected chi connectivity index (χ2v) is 6.91. The van der Waals surface area contributed by atoms with Crippen LogP contribution >= 0.6 is 15.9 Å². The molecule has 0 spiro atoms. The van der Waals surface area contributed by atoms with Crippen molar-refractivity contribution in [3.05, 3.63) is 75.8 Å². The van der Waals surface area contributed by atoms with Crippen molar-refractivity contribution < 1.29 is 9.53 Å². The molecule has 0 saturated heterocycles. The second-order valence-electron chi connectivity index (χ2n) is 6.12. The average molecular weight is 398 g/mol. The lowest BCUT2D eigenvalue weighted by Crippen LogP contribution is -2.28. The van der Waals surface area contributed by atoms with Crippen LogP contribution in [0.15, 0.2) is 59.1 Å². The van der Waals surface area contributed by atoms with Gasteiger partial charge in [-0.05, 0) is 59.5 Å². The zero-order chi connectivity index (χ0) is 17.8. The van der Waals surface area contributed by atoms with Gasteiger partial charge in [-0.3, -0.25) is 4.79 Å². The van der Waals surface area contributed by atoms with Gasteiger partial charge in [-0.15, -0.1) is 0 Å². The molecule has 0 aliphatic carbocycles. The molecule has 0 aromatic heterocycles. The normalized spacial score (nSPS) is 10.7. The minimum Gasteiger partial charge on any atom is -0.484 e. The number of hydrogen-bond donors (Lipinski definition) is 1. The van der Waals surface area contributed by atoms with Gasteiger partial charge in [-0.1, -0.05) is 52.3 Å². The molecular weight excluding hydrogens is 378 g/mol. The number of rotatable bonds is 5. The minimum atomic E-state index is -0.133. The first-order chi connectivity index (χ1) is 12.0. The maximum Gasteiger partial charge on any atom is 0.258 e. The fourth-order valence-electron chi connectivity index (χ4n) is 2.74. The molecule has 3 aromatic rings. The first-order valence-electron chi connectivity index (χ1n) is 8.17. The number of carbonyl (C=O) groups is 1. The molecule has 0 saturated carbocycles. The van der Waals surface area contributed by atoms with Crippen molar-refractivity contribution in [2.75, 3.05) is 6.61 Å². The van der Waals surface area contributed by atoms with Gasteiger partial charge in [0.15, 0.2) is 6.61 Å². The van der Waals surface area contributed by atoms with Crippen molar-refractivity contribution in [1.82, 2.24) is 5.32 Å². The number of hydrogen-bond acceptors (Lipinski definition) is 2. The highest BCUT2D eigenvalue weighted by Crippen LogP contribution is 2.26. The summed E-state index contributed by atoms with van der Waals surface area (Å²) in [6.45, 7) is 4.51. The summed E-state index contributed by atoms with van der Waals surface area (Å²) >= 11 is 3.53. The summed E-state index contributed by atoms with van der Waals surface area (Å²) in [6, 6.07) is 18.2. The summed E-state index contributed by atoms with van der Waals surface area (Å²) in [6.07, 6.45) is 0. The Kier molecular flexibility index (Phi) is 5.39. The van der Waals surface area contributed by atoms with Crippen molar-refractivity contribution in [2.24, 2.45) is 0 Å². The van der Waals surface area contributed by atoms with Crippen molar-refractivity contribution in [3.8, 4) is 5.75 Å². The molecule has 1 N–H and O–H groups in total. The molecule has 0 aliphatic rings. The Morgan fingerprint density at radius 3 is 2.40 bits per heavy atom. The van der Waals surface area contributed by atoms with E-state index < -0.39 is 0 Å². The van der Waals surface area contributed by atoms with E-state index in [0.717, 1.165) is 21.2 Å². The number of halogens is 1. The van der Waals surface area contributed by atoms with Gasteiger partial charge in [0.2, 0.25) is 0 Å². The molecule has 25 heavy (non-hydrogen) atoms. The number of amides is 1. The fraction of sp³-hybridized carbons (Fsp3) is 0.190. The summed E-state index contributed by atoms with van der Waals surface area (Å²) in [5, 5.41) is 5.27. The minimum absolute atomic E-state index is 0.00803. The number of fused-ring (bicyclic) bond motifs is 1. The van der Waals surface area contributed by atoms with Crippen LogP contribution in [0, 0.1) is 13.8 Å². The average Bonchev–Trinajstić information content (AvgIpc) is 2.62. The Morgan fingerprint density at radius 2 is 1.68 bits per heavy atom. The van der Waals surface area contributed by atoms with E-state index in [2.05, 4.69) is 45.5 Å². The highest BCUT2D eigenvalue weighted by molar-refractivity contribution is 9.10. The van der Waals surface area contributed by atoms with Crippen LogP contribution in [-0.4, -0.2) is 12.5 Å². The van der Waals surface area contributed by atoms with Crippen LogP contribution in [0.2, 0.25) is 0 Å².